The fraction of sp³-hybridized carbons (Fsp3) is 0.923. The lowest BCUT2D eigenvalue weighted by Gasteiger charge is -2.38. The molecule has 0 bridgehead atoms. The van der Waals surface area contributed by atoms with Crippen LogP contribution in [0.3, 0.4) is 0 Å². The summed E-state index contributed by atoms with van der Waals surface area (Å²) in [5.41, 5.74) is -0.910. The summed E-state index contributed by atoms with van der Waals surface area (Å²) in [5.74, 6) is -0.0842. The molecule has 1 aliphatic rings. The molecule has 1 aliphatic carbocycles. The lowest BCUT2D eigenvalue weighted by Crippen LogP contribution is -2.49. The van der Waals surface area contributed by atoms with Crippen molar-refractivity contribution in [1.29, 1.82) is 0 Å². The summed E-state index contributed by atoms with van der Waals surface area (Å²) >= 11 is 0. The van der Waals surface area contributed by atoms with Gasteiger partial charge in [0.15, 0.2) is 5.60 Å². The number of hydrogen-bond donors (Lipinski definition) is 1. The number of carbonyl (C=O) groups is 1. The third kappa shape index (κ3) is 2.97. The van der Waals surface area contributed by atoms with Gasteiger partial charge >= 0.3 is 5.97 Å². The van der Waals surface area contributed by atoms with E-state index >= 15 is 0 Å². The van der Waals surface area contributed by atoms with E-state index in [1.54, 1.807) is 0 Å². The molecule has 2 unspecified atom stereocenters. The van der Waals surface area contributed by atoms with Crippen LogP contribution in [0.2, 0.25) is 0 Å². The lowest BCUT2D eigenvalue weighted by atomic mass is 9.76. The number of ether oxygens (including phenoxy) is 1. The Morgan fingerprint density at radius 3 is 2.69 bits per heavy atom. The highest BCUT2D eigenvalue weighted by Gasteiger charge is 2.46. The molecule has 3 heteroatoms. The quantitative estimate of drug-likeness (QED) is 0.786. The van der Waals surface area contributed by atoms with Crippen LogP contribution in [0.5, 0.6) is 0 Å². The molecule has 0 spiro atoms. The third-order valence-corrected chi connectivity index (χ3v) is 3.65. The number of rotatable bonds is 5. The molecule has 0 aromatic rings. The molecule has 0 aromatic carbocycles. The molecular weight excluding hydrogens is 204 g/mol. The van der Waals surface area contributed by atoms with Crippen LogP contribution in [0.1, 0.15) is 52.9 Å². The number of hydrogen-bond acceptors (Lipinski definition) is 2. The Morgan fingerprint density at radius 2 is 2.19 bits per heavy atom. The van der Waals surface area contributed by atoms with Crippen LogP contribution in [0.4, 0.5) is 0 Å². The maximum absolute atomic E-state index is 11.4. The van der Waals surface area contributed by atoms with Crippen molar-refractivity contribution < 1.29 is 14.6 Å². The number of aliphatic carboxylic acids is 1. The van der Waals surface area contributed by atoms with Crippen LogP contribution < -0.4 is 0 Å². The summed E-state index contributed by atoms with van der Waals surface area (Å²) in [6.45, 7) is 6.82. The standard InChI is InChI=1S/C13H24O3/c1-10(2)7-9-16-13(12(14)15)8-5-4-6-11(13)3/h10-11H,4-9H2,1-3H3,(H,14,15). The second-order valence-electron chi connectivity index (χ2n) is 5.37. The summed E-state index contributed by atoms with van der Waals surface area (Å²) in [7, 11) is 0. The Bertz CT molecular complexity index is 237. The Hall–Kier alpha value is -0.570. The zero-order chi connectivity index (χ0) is 12.2. The first-order valence-electron chi connectivity index (χ1n) is 6.36. The van der Waals surface area contributed by atoms with Gasteiger partial charge in [-0.05, 0) is 37.5 Å². The fourth-order valence-electron chi connectivity index (χ4n) is 2.39. The molecule has 2 atom stereocenters. The van der Waals surface area contributed by atoms with Crippen LogP contribution in [0.15, 0.2) is 0 Å². The topological polar surface area (TPSA) is 46.5 Å². The Balaban J connectivity index is 2.61. The highest BCUT2D eigenvalue weighted by atomic mass is 16.5. The molecule has 1 N–H and O–H groups in total. The van der Waals surface area contributed by atoms with Gasteiger partial charge in [0.05, 0.1) is 0 Å². The molecule has 0 aliphatic heterocycles. The van der Waals surface area contributed by atoms with E-state index in [0.29, 0.717) is 18.9 Å². The summed E-state index contributed by atoms with van der Waals surface area (Å²) in [6.07, 6.45) is 4.67. The van der Waals surface area contributed by atoms with Gasteiger partial charge in [-0.2, -0.15) is 0 Å². The van der Waals surface area contributed by atoms with Crippen molar-refractivity contribution in [2.45, 2.75) is 58.5 Å². The second kappa shape index (κ2) is 5.67. The van der Waals surface area contributed by atoms with E-state index in [4.69, 9.17) is 4.74 Å². The average molecular weight is 228 g/mol. The van der Waals surface area contributed by atoms with Gasteiger partial charge in [-0.25, -0.2) is 4.79 Å². The largest absolute Gasteiger partial charge is 0.479 e. The van der Waals surface area contributed by atoms with Gasteiger partial charge in [0.1, 0.15) is 0 Å². The predicted octanol–water partition coefficient (Wildman–Crippen LogP) is 3.08. The van der Waals surface area contributed by atoms with Gasteiger partial charge in [0.2, 0.25) is 0 Å². The first-order valence-corrected chi connectivity index (χ1v) is 6.36. The van der Waals surface area contributed by atoms with Crippen molar-refractivity contribution >= 4 is 5.97 Å². The molecule has 1 fully saturated rings. The van der Waals surface area contributed by atoms with Crippen molar-refractivity contribution in [3.8, 4) is 0 Å². The molecule has 1 rings (SSSR count). The number of carboxylic acid groups (broad SMARTS) is 1. The molecule has 0 amide bonds. The number of carboxylic acids is 1. The lowest BCUT2D eigenvalue weighted by molar-refractivity contribution is -0.179. The first kappa shape index (κ1) is 13.5. The van der Waals surface area contributed by atoms with Crippen molar-refractivity contribution in [1.82, 2.24) is 0 Å². The minimum Gasteiger partial charge on any atom is -0.479 e. The Labute approximate surface area is 98.2 Å². The van der Waals surface area contributed by atoms with Gasteiger partial charge in [0.25, 0.3) is 0 Å². The summed E-state index contributed by atoms with van der Waals surface area (Å²) in [4.78, 5) is 11.4. The van der Waals surface area contributed by atoms with E-state index in [9.17, 15) is 9.90 Å². The van der Waals surface area contributed by atoms with Crippen LogP contribution in [-0.4, -0.2) is 23.3 Å². The Morgan fingerprint density at radius 1 is 1.50 bits per heavy atom. The maximum atomic E-state index is 11.4. The van der Waals surface area contributed by atoms with Crippen LogP contribution in [-0.2, 0) is 9.53 Å². The smallest absolute Gasteiger partial charge is 0.336 e. The summed E-state index contributed by atoms with van der Waals surface area (Å²) < 4.78 is 5.76. The zero-order valence-corrected chi connectivity index (χ0v) is 10.7. The fourth-order valence-corrected chi connectivity index (χ4v) is 2.39. The van der Waals surface area contributed by atoms with E-state index in [1.807, 2.05) is 6.92 Å². The van der Waals surface area contributed by atoms with E-state index in [-0.39, 0.29) is 5.92 Å². The third-order valence-electron chi connectivity index (χ3n) is 3.65. The van der Waals surface area contributed by atoms with Gasteiger partial charge in [-0.1, -0.05) is 27.2 Å². The monoisotopic (exact) mass is 228 g/mol. The molecule has 0 radical (unpaired) electrons. The normalized spacial score (nSPS) is 30.6. The molecule has 0 saturated heterocycles. The van der Waals surface area contributed by atoms with E-state index in [1.165, 1.54) is 0 Å². The molecule has 0 heterocycles. The zero-order valence-electron chi connectivity index (χ0n) is 10.7. The van der Waals surface area contributed by atoms with Gasteiger partial charge in [0, 0.05) is 6.61 Å². The van der Waals surface area contributed by atoms with Crippen LogP contribution in [0.25, 0.3) is 0 Å². The summed E-state index contributed by atoms with van der Waals surface area (Å²) in [5, 5.41) is 9.40. The molecule has 3 nitrogen and oxygen atoms in total. The van der Waals surface area contributed by atoms with Gasteiger partial charge in [-0.15, -0.1) is 0 Å². The van der Waals surface area contributed by atoms with E-state index in [0.717, 1.165) is 25.7 Å². The van der Waals surface area contributed by atoms with E-state index < -0.39 is 11.6 Å². The molecule has 1 saturated carbocycles. The first-order chi connectivity index (χ1) is 7.49. The van der Waals surface area contributed by atoms with Crippen LogP contribution >= 0.6 is 0 Å². The van der Waals surface area contributed by atoms with Crippen molar-refractivity contribution in [3.05, 3.63) is 0 Å². The molecule has 0 aromatic heterocycles. The second-order valence-corrected chi connectivity index (χ2v) is 5.37. The Kier molecular flexibility index (Phi) is 4.78. The van der Waals surface area contributed by atoms with E-state index in [2.05, 4.69) is 13.8 Å². The molecule has 94 valence electrons. The van der Waals surface area contributed by atoms with Crippen molar-refractivity contribution in [3.63, 3.8) is 0 Å². The minimum absolute atomic E-state index is 0.130. The van der Waals surface area contributed by atoms with Gasteiger partial charge < -0.3 is 9.84 Å². The molecular formula is C13H24O3. The minimum atomic E-state index is -0.910. The molecule has 16 heavy (non-hydrogen) atoms. The maximum Gasteiger partial charge on any atom is 0.336 e. The van der Waals surface area contributed by atoms with Gasteiger partial charge in [-0.3, -0.25) is 0 Å². The van der Waals surface area contributed by atoms with Crippen molar-refractivity contribution in [2.24, 2.45) is 11.8 Å². The summed E-state index contributed by atoms with van der Waals surface area (Å²) in [6, 6.07) is 0. The highest BCUT2D eigenvalue weighted by molar-refractivity contribution is 5.78. The SMILES string of the molecule is CC(C)CCOC1(C(=O)O)CCCCC1C. The van der Waals surface area contributed by atoms with Crippen molar-refractivity contribution in [2.75, 3.05) is 6.61 Å². The highest BCUT2D eigenvalue weighted by Crippen LogP contribution is 2.37. The van der Waals surface area contributed by atoms with Crippen LogP contribution in [0, 0.1) is 11.8 Å². The average Bonchev–Trinajstić information content (AvgIpc) is 2.20. The predicted molar refractivity (Wildman–Crippen MR) is 63.4 cm³/mol.